The number of hydrogen-bond acceptors (Lipinski definition) is 5. The highest BCUT2D eigenvalue weighted by atomic mass is 35.5. The molecule has 7 nitrogen and oxygen atoms in total. The monoisotopic (exact) mass is 512 g/mol. The Hall–Kier alpha value is -2.00. The fourth-order valence-corrected chi connectivity index (χ4v) is 6.00. The average molecular weight is 513 g/mol. The van der Waals surface area contributed by atoms with Crippen molar-refractivity contribution in [3.05, 3.63) is 57.6 Å². The Bertz CT molecular complexity index is 1140. The van der Waals surface area contributed by atoms with Gasteiger partial charge in [-0.2, -0.15) is 0 Å². The summed E-state index contributed by atoms with van der Waals surface area (Å²) in [6.07, 6.45) is 1.26. The summed E-state index contributed by atoms with van der Waals surface area (Å²) in [5.74, 6) is 0.593. The summed E-state index contributed by atoms with van der Waals surface area (Å²) in [6, 6.07) is 10.1. The molecule has 2 heterocycles. The number of carbonyl (C=O) groups excluding carboxylic acids is 1. The van der Waals surface area contributed by atoms with Crippen LogP contribution in [0, 0.1) is 5.92 Å². The van der Waals surface area contributed by atoms with Crippen LogP contribution in [-0.4, -0.2) is 44.9 Å². The number of hydrogen-bond donors (Lipinski definition) is 1. The number of nitrogens with zero attached hydrogens (tertiary/aromatic N) is 1. The first kappa shape index (κ1) is 24.1. The minimum Gasteiger partial charge on any atom is -0.486 e. The van der Waals surface area contributed by atoms with E-state index in [1.54, 1.807) is 18.2 Å². The molecule has 2 aromatic carbocycles. The predicted octanol–water partition coefficient (Wildman–Crippen LogP) is 4.18. The highest BCUT2D eigenvalue weighted by molar-refractivity contribution is 7.88. The molecule has 178 valence electrons. The number of rotatable bonds is 6. The van der Waals surface area contributed by atoms with Crippen LogP contribution in [-0.2, 0) is 20.6 Å². The van der Waals surface area contributed by atoms with Crippen LogP contribution in [0.15, 0.2) is 36.4 Å². The molecule has 1 saturated heterocycles. The highest BCUT2D eigenvalue weighted by Crippen LogP contribution is 2.33. The van der Waals surface area contributed by atoms with Crippen LogP contribution in [0.3, 0.4) is 0 Å². The van der Waals surface area contributed by atoms with Crippen molar-refractivity contribution in [1.82, 2.24) is 9.62 Å². The summed E-state index contributed by atoms with van der Waals surface area (Å²) >= 11 is 11.9. The van der Waals surface area contributed by atoms with Gasteiger partial charge in [-0.15, -0.1) is 0 Å². The lowest BCUT2D eigenvalue weighted by Gasteiger charge is -2.32. The van der Waals surface area contributed by atoms with E-state index in [1.807, 2.05) is 25.1 Å². The zero-order valence-corrected chi connectivity index (χ0v) is 20.5. The van der Waals surface area contributed by atoms with Gasteiger partial charge in [0.2, 0.25) is 15.9 Å². The molecule has 2 aliphatic rings. The fraction of sp³-hybridized carbons (Fsp3) is 0.435. The molecule has 10 heteroatoms. The molecule has 1 N–H and O–H groups in total. The molecule has 0 aliphatic carbocycles. The van der Waals surface area contributed by atoms with Crippen molar-refractivity contribution in [2.75, 3.05) is 26.3 Å². The third-order valence-electron chi connectivity index (χ3n) is 5.91. The van der Waals surface area contributed by atoms with Crippen LogP contribution in [0.25, 0.3) is 0 Å². The molecule has 0 saturated carbocycles. The first-order chi connectivity index (χ1) is 15.7. The van der Waals surface area contributed by atoms with Crippen LogP contribution < -0.4 is 14.8 Å². The molecule has 2 atom stereocenters. The van der Waals surface area contributed by atoms with Gasteiger partial charge >= 0.3 is 0 Å². The van der Waals surface area contributed by atoms with E-state index < -0.39 is 15.9 Å². The van der Waals surface area contributed by atoms with Crippen LogP contribution in [0.5, 0.6) is 11.5 Å². The SMILES string of the molecule is C[C@H](NC(=O)[C@@H]1CCCN(S(=O)(=O)Cc2ccc(Cl)c(Cl)c2)C1)c1ccc2c(c1)OCCO2. The second-order valence-electron chi connectivity index (χ2n) is 8.34. The van der Waals surface area contributed by atoms with E-state index in [2.05, 4.69) is 5.32 Å². The molecule has 0 radical (unpaired) electrons. The van der Waals surface area contributed by atoms with Crippen molar-refractivity contribution in [2.24, 2.45) is 5.92 Å². The minimum absolute atomic E-state index is 0.156. The zero-order valence-electron chi connectivity index (χ0n) is 18.2. The second kappa shape index (κ2) is 10.1. The van der Waals surface area contributed by atoms with Gasteiger partial charge in [-0.3, -0.25) is 4.79 Å². The number of piperidine rings is 1. The predicted molar refractivity (Wildman–Crippen MR) is 127 cm³/mol. The topological polar surface area (TPSA) is 84.9 Å². The van der Waals surface area contributed by atoms with Gasteiger partial charge in [-0.1, -0.05) is 35.3 Å². The summed E-state index contributed by atoms with van der Waals surface area (Å²) in [5.41, 5.74) is 1.45. The average Bonchev–Trinajstić information content (AvgIpc) is 2.81. The Balaban J connectivity index is 1.39. The van der Waals surface area contributed by atoms with Crippen molar-refractivity contribution >= 4 is 39.1 Å². The molecule has 0 unspecified atom stereocenters. The third kappa shape index (κ3) is 5.74. The zero-order chi connectivity index (χ0) is 23.6. The van der Waals surface area contributed by atoms with E-state index in [-0.39, 0.29) is 24.2 Å². The molecule has 1 amide bonds. The van der Waals surface area contributed by atoms with E-state index in [9.17, 15) is 13.2 Å². The molecule has 4 rings (SSSR count). The van der Waals surface area contributed by atoms with Crippen molar-refractivity contribution in [2.45, 2.75) is 31.6 Å². The van der Waals surface area contributed by atoms with E-state index in [1.165, 1.54) is 4.31 Å². The fourth-order valence-electron chi connectivity index (χ4n) is 4.08. The Morgan fingerprint density at radius 1 is 1.12 bits per heavy atom. The van der Waals surface area contributed by atoms with Crippen molar-refractivity contribution in [3.63, 3.8) is 0 Å². The Morgan fingerprint density at radius 2 is 1.88 bits per heavy atom. The Labute approximate surface area is 204 Å². The van der Waals surface area contributed by atoms with Gasteiger partial charge in [-0.05, 0) is 55.2 Å². The summed E-state index contributed by atoms with van der Waals surface area (Å²) in [5, 5.41) is 3.71. The Morgan fingerprint density at radius 3 is 2.64 bits per heavy atom. The number of amides is 1. The molecule has 1 fully saturated rings. The van der Waals surface area contributed by atoms with Crippen LogP contribution >= 0.6 is 23.2 Å². The van der Waals surface area contributed by atoms with Crippen LogP contribution in [0.2, 0.25) is 10.0 Å². The standard InChI is InChI=1S/C23H26Cl2N2O5S/c1-15(17-5-7-21-22(12-17)32-10-9-31-21)26-23(28)18-3-2-8-27(13-18)33(29,30)14-16-4-6-19(24)20(25)11-16/h4-7,11-12,15,18H,2-3,8-10,13-14H2,1H3,(H,26,28)/t15-,18+/m0/s1. The second-order valence-corrected chi connectivity index (χ2v) is 11.1. The smallest absolute Gasteiger partial charge is 0.224 e. The van der Waals surface area contributed by atoms with Crippen molar-refractivity contribution in [1.29, 1.82) is 0 Å². The molecular formula is C23H26Cl2N2O5S. The summed E-state index contributed by atoms with van der Waals surface area (Å²) in [6.45, 7) is 3.45. The van der Waals surface area contributed by atoms with Gasteiger partial charge in [-0.25, -0.2) is 12.7 Å². The Kier molecular flexibility index (Phi) is 7.38. The van der Waals surface area contributed by atoms with Gasteiger partial charge < -0.3 is 14.8 Å². The number of benzene rings is 2. The maximum absolute atomic E-state index is 13.0. The quantitative estimate of drug-likeness (QED) is 0.627. The number of ether oxygens (including phenoxy) is 2. The van der Waals surface area contributed by atoms with Crippen molar-refractivity contribution < 1.29 is 22.7 Å². The first-order valence-corrected chi connectivity index (χ1v) is 13.2. The number of fused-ring (bicyclic) bond motifs is 1. The van der Waals surface area contributed by atoms with Gasteiger partial charge in [0, 0.05) is 13.1 Å². The van der Waals surface area contributed by atoms with Gasteiger partial charge in [0.1, 0.15) is 13.2 Å². The molecule has 0 aromatic heterocycles. The highest BCUT2D eigenvalue weighted by Gasteiger charge is 2.33. The van der Waals surface area contributed by atoms with Crippen LogP contribution in [0.4, 0.5) is 0 Å². The van der Waals surface area contributed by atoms with Gasteiger partial charge in [0.25, 0.3) is 0 Å². The van der Waals surface area contributed by atoms with Gasteiger partial charge in [0.15, 0.2) is 11.5 Å². The van der Waals surface area contributed by atoms with Gasteiger partial charge in [0.05, 0.1) is 27.8 Å². The third-order valence-corrected chi connectivity index (χ3v) is 8.46. The lowest BCUT2D eigenvalue weighted by molar-refractivity contribution is -0.126. The van der Waals surface area contributed by atoms with E-state index >= 15 is 0 Å². The number of halogens is 2. The molecular weight excluding hydrogens is 487 g/mol. The van der Waals surface area contributed by atoms with Crippen molar-refractivity contribution in [3.8, 4) is 11.5 Å². The number of carbonyl (C=O) groups is 1. The molecule has 33 heavy (non-hydrogen) atoms. The normalized spacial score (nSPS) is 19.7. The summed E-state index contributed by atoms with van der Waals surface area (Å²) in [4.78, 5) is 13.0. The maximum Gasteiger partial charge on any atom is 0.224 e. The molecule has 0 bridgehead atoms. The number of sulfonamides is 1. The largest absolute Gasteiger partial charge is 0.486 e. The summed E-state index contributed by atoms with van der Waals surface area (Å²) in [7, 11) is -3.60. The minimum atomic E-state index is -3.60. The number of nitrogens with one attached hydrogen (secondary N) is 1. The molecule has 0 spiro atoms. The first-order valence-electron chi connectivity index (χ1n) is 10.8. The summed E-state index contributed by atoms with van der Waals surface area (Å²) < 4.78 is 38.6. The molecule has 2 aliphatic heterocycles. The lowest BCUT2D eigenvalue weighted by Crippen LogP contribution is -2.46. The van der Waals surface area contributed by atoms with E-state index in [4.69, 9.17) is 32.7 Å². The van der Waals surface area contributed by atoms with E-state index in [0.29, 0.717) is 59.7 Å². The lowest BCUT2D eigenvalue weighted by atomic mass is 9.97. The maximum atomic E-state index is 13.0. The van der Waals surface area contributed by atoms with E-state index in [0.717, 1.165) is 5.56 Å². The van der Waals surface area contributed by atoms with Crippen LogP contribution in [0.1, 0.15) is 36.9 Å². The molecule has 2 aromatic rings.